The van der Waals surface area contributed by atoms with Crippen molar-refractivity contribution in [3.63, 3.8) is 0 Å². The first-order valence-electron chi connectivity index (χ1n) is 42.3. The molecule has 0 aromatic carbocycles. The van der Waals surface area contributed by atoms with Gasteiger partial charge in [-0.1, -0.05) is 213 Å². The fourth-order valence-corrected chi connectivity index (χ4v) is 10.9. The van der Waals surface area contributed by atoms with E-state index >= 15 is 0 Å². The molecule has 108 heavy (non-hydrogen) atoms. The molecule has 652 valence electrons. The van der Waals surface area contributed by atoms with Crippen molar-refractivity contribution in [2.75, 3.05) is 185 Å². The molecule has 1 saturated heterocycles. The number of hydrogen-bond donors (Lipinski definition) is 11. The Hall–Kier alpha value is -1.08. The van der Waals surface area contributed by atoms with Crippen molar-refractivity contribution < 1.29 is 132 Å². The third kappa shape index (κ3) is 75.0. The number of aliphatic hydroxyl groups is 11. The molecule has 14 atom stereocenters. The molecule has 1 aliphatic heterocycles. The van der Waals surface area contributed by atoms with Crippen LogP contribution in [0.5, 0.6) is 0 Å². The highest BCUT2D eigenvalue weighted by atomic mass is 16.7. The second kappa shape index (κ2) is 85.3. The van der Waals surface area contributed by atoms with E-state index in [4.69, 9.17) is 80.9 Å². The first-order valence-corrected chi connectivity index (χ1v) is 42.3. The summed E-state index contributed by atoms with van der Waals surface area (Å²) in [5.74, 6) is -0.122. The van der Waals surface area contributed by atoms with Gasteiger partial charge in [-0.25, -0.2) is 0 Å². The predicted octanol–water partition coefficient (Wildman–Crippen LogP) is 9.10. The van der Waals surface area contributed by atoms with Crippen LogP contribution in [0.4, 0.5) is 0 Å². The molecule has 0 aromatic rings. The third-order valence-corrected chi connectivity index (χ3v) is 18.0. The van der Waals surface area contributed by atoms with Crippen molar-refractivity contribution in [1.29, 1.82) is 0 Å². The van der Waals surface area contributed by atoms with E-state index in [-0.39, 0.29) is 118 Å². The number of aliphatic hydroxyl groups excluding tert-OH is 11. The molecule has 0 spiro atoms. The third-order valence-electron chi connectivity index (χ3n) is 18.0. The molecule has 27 nitrogen and oxygen atoms in total. The lowest BCUT2D eigenvalue weighted by Gasteiger charge is -2.26. The van der Waals surface area contributed by atoms with Gasteiger partial charge in [-0.05, 0) is 40.5 Å². The Kier molecular flexibility index (Phi) is 86.1. The molecule has 0 bridgehead atoms. The zero-order valence-corrected chi connectivity index (χ0v) is 69.0. The van der Waals surface area contributed by atoms with E-state index in [0.717, 1.165) is 32.5 Å². The molecule has 1 heterocycles. The van der Waals surface area contributed by atoms with Crippen molar-refractivity contribution in [2.24, 2.45) is 5.92 Å². The van der Waals surface area contributed by atoms with Crippen LogP contribution in [0.1, 0.15) is 254 Å². The molecular weight excluding hydrogens is 1400 g/mol. The highest BCUT2D eigenvalue weighted by Gasteiger charge is 2.25. The first kappa shape index (κ1) is 109. The van der Waals surface area contributed by atoms with Crippen LogP contribution in [-0.2, 0) is 75.8 Å². The summed E-state index contributed by atoms with van der Waals surface area (Å²) in [6, 6.07) is 0. The van der Waals surface area contributed by atoms with Crippen LogP contribution in [0.25, 0.3) is 0 Å². The average molecular weight is 1570 g/mol. The fraction of sp³-hybridized carbons (Fsp3) is 1.00. The summed E-state index contributed by atoms with van der Waals surface area (Å²) in [4.78, 5) is 0. The number of rotatable bonds is 85. The average Bonchev–Trinajstić information content (AvgIpc) is 1.77. The van der Waals surface area contributed by atoms with Gasteiger partial charge in [-0.2, -0.15) is 0 Å². The Morgan fingerprint density at radius 2 is 0.491 bits per heavy atom. The second-order valence-electron chi connectivity index (χ2n) is 28.6. The van der Waals surface area contributed by atoms with E-state index in [0.29, 0.717) is 39.1 Å². The standard InChI is InChI=1S/C49H100O20.C25H52O4.C7H14O3/c1-3-4-5-6-7-8-9-10-11-12-13-14-15-16-17-18-19-60-31-41(21-51)62-33-43(23-53)64-35-45(25-55)66-37-47(27-57)68-39-49(29-59)69-38-48(28-58)67-36-46(26-56)65-34-44(24-54)63-32-42(22-52)61-30-40(2)20-50;1-4-6-7-8-9-10-11-12-13-14-15-16-17-18-19-20-21-27-22-25(26)23-29-24(3)28-5-2;1-3-8-6(2)9-4-7-5-10-7/h40-59H,3-39H2,1-2H3;24-26H,4-23H2,1-3H3;6-7H,3-5H2,1-2H3. The molecule has 14 unspecified atom stereocenters. The molecule has 0 amide bonds. The summed E-state index contributed by atoms with van der Waals surface area (Å²) in [7, 11) is 0. The Morgan fingerprint density at radius 3 is 0.731 bits per heavy atom. The molecule has 27 heteroatoms. The van der Waals surface area contributed by atoms with Crippen LogP contribution in [0.2, 0.25) is 0 Å². The van der Waals surface area contributed by atoms with Crippen LogP contribution in [0.3, 0.4) is 0 Å². The minimum absolute atomic E-state index is 0.0248. The van der Waals surface area contributed by atoms with E-state index in [9.17, 15) is 51.1 Å². The summed E-state index contributed by atoms with van der Waals surface area (Å²) in [6.07, 6.45) is 35.1. The van der Waals surface area contributed by atoms with Crippen LogP contribution >= 0.6 is 0 Å². The van der Waals surface area contributed by atoms with Crippen LogP contribution < -0.4 is 0 Å². The van der Waals surface area contributed by atoms with Gasteiger partial charge in [0.2, 0.25) is 0 Å². The van der Waals surface area contributed by atoms with Gasteiger partial charge in [0.05, 0.1) is 152 Å². The molecule has 11 N–H and O–H groups in total. The molecule has 0 aliphatic carbocycles. The molecule has 1 rings (SSSR count). The Labute approximate surface area is 653 Å². The minimum Gasteiger partial charge on any atom is -0.396 e. The van der Waals surface area contributed by atoms with Crippen molar-refractivity contribution in [3.8, 4) is 0 Å². The van der Waals surface area contributed by atoms with Gasteiger partial charge < -0.3 is 132 Å². The number of ether oxygens (including phenoxy) is 16. The van der Waals surface area contributed by atoms with Gasteiger partial charge >= 0.3 is 0 Å². The Bertz CT molecular complexity index is 1710. The summed E-state index contributed by atoms with van der Waals surface area (Å²) in [6.45, 7) is 14.5. The maximum atomic E-state index is 9.89. The highest BCUT2D eigenvalue weighted by Crippen LogP contribution is 2.18. The predicted molar refractivity (Wildman–Crippen MR) is 418 cm³/mol. The van der Waals surface area contributed by atoms with E-state index in [1.54, 1.807) is 6.92 Å². The molecular formula is C81H166O27. The van der Waals surface area contributed by atoms with E-state index in [1.165, 1.54) is 186 Å². The van der Waals surface area contributed by atoms with E-state index in [1.807, 2.05) is 27.7 Å². The van der Waals surface area contributed by atoms with E-state index < -0.39 is 101 Å². The van der Waals surface area contributed by atoms with Gasteiger partial charge in [0.1, 0.15) is 67.1 Å². The highest BCUT2D eigenvalue weighted by molar-refractivity contribution is 4.70. The SMILES string of the molecule is CCCCCCCCCCCCCCCCCCOCC(CO)OCC(CO)OCC(CO)OCC(CO)OCC(CO)OCC(CO)OCC(CO)OCC(CO)OCC(CO)OCC(C)CO.CCCCCCCCCCCCCCCCCCOCC(O)COC(C)OCC.CCOC(C)OCC1CO1. The quantitative estimate of drug-likeness (QED) is 0.0153. The minimum atomic E-state index is -0.878. The van der Waals surface area contributed by atoms with Crippen LogP contribution in [0.15, 0.2) is 0 Å². The molecule has 1 fully saturated rings. The number of hydrogen-bond acceptors (Lipinski definition) is 27. The van der Waals surface area contributed by atoms with E-state index in [2.05, 4.69) is 13.8 Å². The monoisotopic (exact) mass is 1570 g/mol. The largest absolute Gasteiger partial charge is 0.396 e. The van der Waals surface area contributed by atoms with Crippen LogP contribution in [-0.4, -0.2) is 321 Å². The summed E-state index contributed by atoms with van der Waals surface area (Å²) >= 11 is 0. The van der Waals surface area contributed by atoms with Gasteiger partial charge in [0.15, 0.2) is 12.6 Å². The number of unbranched alkanes of at least 4 members (excludes halogenated alkanes) is 30. The van der Waals surface area contributed by atoms with Gasteiger partial charge in [0.25, 0.3) is 0 Å². The molecule has 0 aromatic heterocycles. The topological polar surface area (TPSA) is 374 Å². The van der Waals surface area contributed by atoms with Gasteiger partial charge in [-0.15, -0.1) is 0 Å². The van der Waals surface area contributed by atoms with Gasteiger partial charge in [-0.3, -0.25) is 0 Å². The smallest absolute Gasteiger partial charge is 0.154 e. The Morgan fingerprint density at radius 1 is 0.259 bits per heavy atom. The van der Waals surface area contributed by atoms with Crippen molar-refractivity contribution in [1.82, 2.24) is 0 Å². The lowest BCUT2D eigenvalue weighted by molar-refractivity contribution is -0.149. The Balaban J connectivity index is 0. The fourth-order valence-electron chi connectivity index (χ4n) is 10.9. The lowest BCUT2D eigenvalue weighted by Crippen LogP contribution is -2.38. The zero-order chi connectivity index (χ0) is 79.8. The summed E-state index contributed by atoms with van der Waals surface area (Å²) < 4.78 is 88.1. The maximum Gasteiger partial charge on any atom is 0.154 e. The lowest BCUT2D eigenvalue weighted by atomic mass is 10.0. The van der Waals surface area contributed by atoms with Crippen LogP contribution in [0, 0.1) is 5.92 Å². The normalized spacial score (nSPS) is 16.7. The molecule has 0 radical (unpaired) electrons. The summed E-state index contributed by atoms with van der Waals surface area (Å²) in [5.41, 5.74) is 0. The van der Waals surface area contributed by atoms with Crippen molar-refractivity contribution in [3.05, 3.63) is 0 Å². The molecule has 0 saturated carbocycles. The summed E-state index contributed by atoms with van der Waals surface area (Å²) in [5, 5.41) is 107. The second-order valence-corrected chi connectivity index (χ2v) is 28.6. The van der Waals surface area contributed by atoms with Crippen molar-refractivity contribution >= 4 is 0 Å². The first-order chi connectivity index (χ1) is 52.7. The maximum absolute atomic E-state index is 9.89. The van der Waals surface area contributed by atoms with Gasteiger partial charge in [0, 0.05) is 39.0 Å². The zero-order valence-electron chi connectivity index (χ0n) is 69.0. The molecule has 1 aliphatic rings. The van der Waals surface area contributed by atoms with Crippen molar-refractivity contribution in [2.45, 2.75) is 334 Å². The number of epoxide rings is 1.